The van der Waals surface area contributed by atoms with Gasteiger partial charge in [-0.15, -0.1) is 0 Å². The number of aromatic nitrogens is 1. The number of aryl methyl sites for hydroxylation is 3. The van der Waals surface area contributed by atoms with Gasteiger partial charge in [0.05, 0.1) is 4.51 Å². The molecule has 0 aliphatic heterocycles. The summed E-state index contributed by atoms with van der Waals surface area (Å²) in [6.07, 6.45) is 3.17. The van der Waals surface area contributed by atoms with E-state index < -0.39 is 0 Å². The van der Waals surface area contributed by atoms with Gasteiger partial charge in [0, 0.05) is 24.1 Å². The fourth-order valence-corrected chi connectivity index (χ4v) is 2.14. The molecular weight excluding hydrogens is 202 g/mol. The Hall–Kier alpha value is -1.15. The van der Waals surface area contributed by atoms with Crippen molar-refractivity contribution in [2.45, 2.75) is 20.3 Å². The molecule has 1 aromatic heterocycles. The van der Waals surface area contributed by atoms with Crippen LogP contribution in [0.5, 0.6) is 0 Å². The normalized spacial score (nSPS) is 10.9. The lowest BCUT2D eigenvalue weighted by atomic mass is 10.1. The summed E-state index contributed by atoms with van der Waals surface area (Å²) in [5.41, 5.74) is 3.76. The predicted octanol–water partition coefficient (Wildman–Crippen LogP) is 3.78. The zero-order chi connectivity index (χ0) is 11.0. The Kier molecular flexibility index (Phi) is 2.61. The molecule has 0 amide bonds. The second-order valence-corrected chi connectivity index (χ2v) is 4.37. The van der Waals surface area contributed by atoms with Crippen LogP contribution in [0, 0.1) is 11.4 Å². The fraction of sp³-hybridized carbons (Fsp3) is 0.308. The van der Waals surface area contributed by atoms with Crippen LogP contribution in [-0.4, -0.2) is 4.57 Å². The highest BCUT2D eigenvalue weighted by atomic mass is 32.1. The molecule has 2 aromatic rings. The van der Waals surface area contributed by atoms with Gasteiger partial charge in [-0.3, -0.25) is 0 Å². The Balaban J connectivity index is 2.90. The van der Waals surface area contributed by atoms with Gasteiger partial charge in [-0.05, 0) is 30.5 Å². The monoisotopic (exact) mass is 217 g/mol. The Morgan fingerprint density at radius 3 is 2.73 bits per heavy atom. The van der Waals surface area contributed by atoms with E-state index in [0.717, 1.165) is 10.9 Å². The molecule has 0 saturated carbocycles. The van der Waals surface area contributed by atoms with Crippen molar-refractivity contribution in [3.05, 3.63) is 40.0 Å². The predicted molar refractivity (Wildman–Crippen MR) is 67.9 cm³/mol. The summed E-state index contributed by atoms with van der Waals surface area (Å²) in [5, 5.41) is 1.18. The third-order valence-electron chi connectivity index (χ3n) is 2.84. The first kappa shape index (κ1) is 10.4. The summed E-state index contributed by atoms with van der Waals surface area (Å²) in [6.45, 7) is 4.24. The van der Waals surface area contributed by atoms with Crippen LogP contribution in [-0.2, 0) is 13.5 Å². The van der Waals surface area contributed by atoms with Gasteiger partial charge in [0.2, 0.25) is 0 Å². The fourth-order valence-electron chi connectivity index (χ4n) is 1.91. The average molecular weight is 217 g/mol. The third kappa shape index (κ3) is 1.70. The highest BCUT2D eigenvalue weighted by molar-refractivity contribution is 7.71. The molecule has 0 saturated heterocycles. The van der Waals surface area contributed by atoms with E-state index in [0.29, 0.717) is 0 Å². The molecule has 0 aliphatic rings. The molecule has 0 unspecified atom stereocenters. The Morgan fingerprint density at radius 2 is 2.07 bits per heavy atom. The molecule has 2 rings (SSSR count). The average Bonchev–Trinajstić information content (AvgIpc) is 2.25. The molecule has 78 valence electrons. The van der Waals surface area contributed by atoms with Crippen molar-refractivity contribution in [3.8, 4) is 0 Å². The highest BCUT2D eigenvalue weighted by Gasteiger charge is 2.01. The molecule has 0 fully saturated rings. The number of rotatable bonds is 1. The van der Waals surface area contributed by atoms with Crippen molar-refractivity contribution >= 4 is 23.1 Å². The van der Waals surface area contributed by atoms with Crippen LogP contribution in [0.25, 0.3) is 10.9 Å². The van der Waals surface area contributed by atoms with Gasteiger partial charge in [-0.2, -0.15) is 0 Å². The van der Waals surface area contributed by atoms with Gasteiger partial charge in [0.15, 0.2) is 0 Å². The number of hydrogen-bond acceptors (Lipinski definition) is 1. The maximum atomic E-state index is 5.42. The van der Waals surface area contributed by atoms with Crippen molar-refractivity contribution < 1.29 is 0 Å². The first-order valence-corrected chi connectivity index (χ1v) is 5.63. The summed E-state index contributed by atoms with van der Waals surface area (Å²) in [6, 6.07) is 6.53. The maximum absolute atomic E-state index is 5.42. The van der Waals surface area contributed by atoms with E-state index in [1.165, 1.54) is 22.0 Å². The molecule has 0 N–H and O–H groups in total. The first-order valence-electron chi connectivity index (χ1n) is 5.22. The number of benzene rings is 1. The van der Waals surface area contributed by atoms with Gasteiger partial charge in [0.25, 0.3) is 0 Å². The minimum atomic E-state index is 0.978. The quantitative estimate of drug-likeness (QED) is 0.658. The number of pyridine rings is 1. The van der Waals surface area contributed by atoms with Crippen LogP contribution >= 0.6 is 12.2 Å². The van der Waals surface area contributed by atoms with E-state index in [1.807, 2.05) is 0 Å². The zero-order valence-corrected chi connectivity index (χ0v) is 10.2. The number of nitrogens with zero attached hydrogens (tertiary/aromatic N) is 1. The van der Waals surface area contributed by atoms with E-state index in [1.54, 1.807) is 0 Å². The topological polar surface area (TPSA) is 4.93 Å². The standard InChI is InChI=1S/C13H15NS/c1-4-10-5-6-11-12(7-10)14(3)8-9(2)13(11)15/h5-8H,4H2,1-3H3. The summed E-state index contributed by atoms with van der Waals surface area (Å²) in [4.78, 5) is 0. The van der Waals surface area contributed by atoms with Gasteiger partial charge >= 0.3 is 0 Å². The lowest BCUT2D eigenvalue weighted by Crippen LogP contribution is -1.96. The minimum absolute atomic E-state index is 0.978. The summed E-state index contributed by atoms with van der Waals surface area (Å²) in [5.74, 6) is 0. The van der Waals surface area contributed by atoms with Gasteiger partial charge in [0.1, 0.15) is 0 Å². The molecule has 0 aliphatic carbocycles. The molecule has 0 bridgehead atoms. The second kappa shape index (κ2) is 3.78. The van der Waals surface area contributed by atoms with Gasteiger partial charge in [-0.25, -0.2) is 0 Å². The van der Waals surface area contributed by atoms with Crippen LogP contribution < -0.4 is 0 Å². The SMILES string of the molecule is CCc1ccc2c(=S)c(C)cn(C)c2c1. The zero-order valence-electron chi connectivity index (χ0n) is 9.37. The maximum Gasteiger partial charge on any atom is 0.0514 e. The smallest absolute Gasteiger partial charge is 0.0514 e. The van der Waals surface area contributed by atoms with E-state index in [4.69, 9.17) is 12.2 Å². The van der Waals surface area contributed by atoms with E-state index in [2.05, 4.69) is 49.9 Å². The van der Waals surface area contributed by atoms with Crippen molar-refractivity contribution in [2.24, 2.45) is 7.05 Å². The molecule has 0 radical (unpaired) electrons. The molecule has 0 atom stereocenters. The minimum Gasteiger partial charge on any atom is -0.350 e. The molecule has 0 spiro atoms. The van der Waals surface area contributed by atoms with Crippen LogP contribution in [0.1, 0.15) is 18.1 Å². The summed E-state index contributed by atoms with van der Waals surface area (Å²) >= 11 is 5.42. The van der Waals surface area contributed by atoms with E-state index in [9.17, 15) is 0 Å². The Labute approximate surface area is 95.4 Å². The molecule has 1 aromatic carbocycles. The van der Waals surface area contributed by atoms with Crippen LogP contribution in [0.3, 0.4) is 0 Å². The van der Waals surface area contributed by atoms with Crippen molar-refractivity contribution in [1.29, 1.82) is 0 Å². The third-order valence-corrected chi connectivity index (χ3v) is 3.38. The van der Waals surface area contributed by atoms with Gasteiger partial charge in [-0.1, -0.05) is 31.3 Å². The van der Waals surface area contributed by atoms with Gasteiger partial charge < -0.3 is 4.57 Å². The number of hydrogen-bond donors (Lipinski definition) is 0. The molecule has 1 nitrogen and oxygen atoms in total. The highest BCUT2D eigenvalue weighted by Crippen LogP contribution is 2.19. The second-order valence-electron chi connectivity index (χ2n) is 3.96. The van der Waals surface area contributed by atoms with Crippen molar-refractivity contribution in [3.63, 3.8) is 0 Å². The molecular formula is C13H15NS. The Morgan fingerprint density at radius 1 is 1.33 bits per heavy atom. The molecule has 15 heavy (non-hydrogen) atoms. The van der Waals surface area contributed by atoms with Crippen molar-refractivity contribution in [2.75, 3.05) is 0 Å². The van der Waals surface area contributed by atoms with E-state index >= 15 is 0 Å². The van der Waals surface area contributed by atoms with Crippen LogP contribution in [0.2, 0.25) is 0 Å². The largest absolute Gasteiger partial charge is 0.350 e. The first-order chi connectivity index (χ1) is 7.13. The van der Waals surface area contributed by atoms with E-state index in [-0.39, 0.29) is 0 Å². The molecule has 1 heterocycles. The van der Waals surface area contributed by atoms with Crippen molar-refractivity contribution in [1.82, 2.24) is 4.57 Å². The Bertz CT molecular complexity index is 566. The van der Waals surface area contributed by atoms with Crippen LogP contribution in [0.15, 0.2) is 24.4 Å². The number of fused-ring (bicyclic) bond motifs is 1. The molecule has 2 heteroatoms. The lowest BCUT2D eigenvalue weighted by molar-refractivity contribution is 0.939. The van der Waals surface area contributed by atoms with Crippen LogP contribution in [0.4, 0.5) is 0 Å². The summed E-state index contributed by atoms with van der Waals surface area (Å²) < 4.78 is 3.13. The summed E-state index contributed by atoms with van der Waals surface area (Å²) in [7, 11) is 2.07. The lowest BCUT2D eigenvalue weighted by Gasteiger charge is -2.09.